The number of rotatable bonds is 5. The zero-order valence-corrected chi connectivity index (χ0v) is 16.3. The van der Waals surface area contributed by atoms with Gasteiger partial charge in [-0.25, -0.2) is 0 Å². The summed E-state index contributed by atoms with van der Waals surface area (Å²) in [5, 5.41) is 4.08. The average Bonchev–Trinajstić information content (AvgIpc) is 3.29. The number of carbonyl (C=O) groups excluding carboxylic acids is 1. The minimum absolute atomic E-state index is 0.0866. The van der Waals surface area contributed by atoms with Crippen molar-refractivity contribution >= 4 is 21.8 Å². The quantitative estimate of drug-likeness (QED) is 0.614. The van der Waals surface area contributed by atoms with Gasteiger partial charge in [0.25, 0.3) is 0 Å². The number of carbonyl (C=O) groups is 1. The fraction of sp³-hybridized carbons (Fsp3) is 0.250. The number of halogens is 1. The van der Waals surface area contributed by atoms with Crippen LogP contribution in [0.5, 0.6) is 5.75 Å². The van der Waals surface area contributed by atoms with E-state index in [1.54, 1.807) is 7.11 Å². The van der Waals surface area contributed by atoms with Crippen molar-refractivity contribution in [2.45, 2.75) is 18.9 Å². The van der Waals surface area contributed by atoms with Crippen LogP contribution < -0.4 is 4.74 Å². The first-order valence-electron chi connectivity index (χ1n) is 8.62. The van der Waals surface area contributed by atoms with Crippen molar-refractivity contribution in [1.82, 2.24) is 15.0 Å². The summed E-state index contributed by atoms with van der Waals surface area (Å²) < 4.78 is 11.7. The van der Waals surface area contributed by atoms with E-state index in [1.807, 2.05) is 53.4 Å². The third-order valence-electron chi connectivity index (χ3n) is 4.60. The highest BCUT2D eigenvalue weighted by Crippen LogP contribution is 2.30. The molecule has 1 saturated heterocycles. The fourth-order valence-corrected chi connectivity index (χ4v) is 3.63. The molecular weight excluding hydrogens is 410 g/mol. The number of likely N-dealkylation sites (tertiary alicyclic amines) is 1. The van der Waals surface area contributed by atoms with Crippen LogP contribution in [-0.2, 0) is 11.3 Å². The number of hydrogen-bond acceptors (Lipinski definition) is 5. The molecule has 0 aliphatic carbocycles. The highest BCUT2D eigenvalue weighted by atomic mass is 79.9. The Bertz CT molecular complexity index is 972. The summed E-state index contributed by atoms with van der Waals surface area (Å²) in [6, 6.07) is 15.5. The molecular formula is C20H18BrN3O3. The monoisotopic (exact) mass is 427 g/mol. The predicted molar refractivity (Wildman–Crippen MR) is 103 cm³/mol. The largest absolute Gasteiger partial charge is 0.497 e. The van der Waals surface area contributed by atoms with Crippen molar-refractivity contribution in [1.29, 1.82) is 0 Å². The number of benzene rings is 2. The van der Waals surface area contributed by atoms with Gasteiger partial charge in [0.2, 0.25) is 17.6 Å². The molecule has 2 heterocycles. The van der Waals surface area contributed by atoms with E-state index in [0.29, 0.717) is 31.2 Å². The summed E-state index contributed by atoms with van der Waals surface area (Å²) >= 11 is 3.44. The van der Waals surface area contributed by atoms with Crippen LogP contribution in [0.15, 0.2) is 57.5 Å². The van der Waals surface area contributed by atoms with Crippen LogP contribution >= 0.6 is 15.9 Å². The van der Waals surface area contributed by atoms with Gasteiger partial charge in [-0.15, -0.1) is 0 Å². The molecule has 2 aromatic carbocycles. The lowest BCUT2D eigenvalue weighted by atomic mass is 10.1. The number of hydrogen-bond donors (Lipinski definition) is 0. The second-order valence-corrected chi connectivity index (χ2v) is 7.41. The summed E-state index contributed by atoms with van der Waals surface area (Å²) in [5.41, 5.74) is 1.90. The standard InChI is InChI=1S/C20H18BrN3O3/c1-26-17-7-2-4-13(8-17)11-24-12-15(10-18(24)25)20-22-19(23-27-20)14-5-3-6-16(21)9-14/h2-9,15H,10-12H2,1H3. The molecule has 1 aliphatic rings. The zero-order valence-electron chi connectivity index (χ0n) is 14.8. The third-order valence-corrected chi connectivity index (χ3v) is 5.09. The highest BCUT2D eigenvalue weighted by Gasteiger charge is 2.34. The molecule has 1 atom stereocenters. The molecule has 1 fully saturated rings. The molecule has 0 spiro atoms. The van der Waals surface area contributed by atoms with Crippen LogP contribution in [0.4, 0.5) is 0 Å². The van der Waals surface area contributed by atoms with Crippen LogP contribution in [0.1, 0.15) is 23.8 Å². The molecule has 0 radical (unpaired) electrons. The average molecular weight is 428 g/mol. The summed E-state index contributed by atoms with van der Waals surface area (Å²) in [5.74, 6) is 1.82. The summed E-state index contributed by atoms with van der Waals surface area (Å²) in [6.45, 7) is 1.11. The molecule has 6 nitrogen and oxygen atoms in total. The fourth-order valence-electron chi connectivity index (χ4n) is 3.23. The minimum atomic E-state index is -0.0866. The first kappa shape index (κ1) is 17.7. The zero-order chi connectivity index (χ0) is 18.8. The highest BCUT2D eigenvalue weighted by molar-refractivity contribution is 9.10. The van der Waals surface area contributed by atoms with Gasteiger partial charge in [-0.3, -0.25) is 4.79 Å². The molecule has 27 heavy (non-hydrogen) atoms. The van der Waals surface area contributed by atoms with Gasteiger partial charge in [-0.05, 0) is 29.8 Å². The van der Waals surface area contributed by atoms with Gasteiger partial charge in [0.05, 0.1) is 13.0 Å². The van der Waals surface area contributed by atoms with Gasteiger partial charge < -0.3 is 14.2 Å². The molecule has 0 bridgehead atoms. The van der Waals surface area contributed by atoms with Crippen molar-refractivity contribution in [2.24, 2.45) is 0 Å². The molecule has 4 rings (SSSR count). The van der Waals surface area contributed by atoms with Crippen molar-refractivity contribution in [2.75, 3.05) is 13.7 Å². The Kier molecular flexibility index (Phi) is 4.94. The Morgan fingerprint density at radius 3 is 2.93 bits per heavy atom. The molecule has 3 aromatic rings. The lowest BCUT2D eigenvalue weighted by Gasteiger charge is -2.16. The number of methoxy groups -OCH3 is 1. The van der Waals surface area contributed by atoms with Gasteiger partial charge in [0.15, 0.2) is 0 Å². The first-order chi connectivity index (χ1) is 13.1. The first-order valence-corrected chi connectivity index (χ1v) is 9.42. The van der Waals surface area contributed by atoms with E-state index in [2.05, 4.69) is 26.1 Å². The Hall–Kier alpha value is -2.67. The number of ether oxygens (including phenoxy) is 1. The predicted octanol–water partition coefficient (Wildman–Crippen LogP) is 4.02. The van der Waals surface area contributed by atoms with Crippen molar-refractivity contribution in [3.8, 4) is 17.1 Å². The number of amides is 1. The topological polar surface area (TPSA) is 68.5 Å². The summed E-state index contributed by atoms with van der Waals surface area (Å²) in [4.78, 5) is 18.8. The Morgan fingerprint density at radius 1 is 1.26 bits per heavy atom. The molecule has 1 aliphatic heterocycles. The van der Waals surface area contributed by atoms with Crippen LogP contribution in [0.3, 0.4) is 0 Å². The molecule has 138 valence electrons. The van der Waals surface area contributed by atoms with Gasteiger partial charge in [-0.2, -0.15) is 4.98 Å². The van der Waals surface area contributed by atoms with Gasteiger partial charge in [0, 0.05) is 29.5 Å². The number of aromatic nitrogens is 2. The van der Waals surface area contributed by atoms with E-state index < -0.39 is 0 Å². The molecule has 1 unspecified atom stereocenters. The second-order valence-electron chi connectivity index (χ2n) is 6.49. The molecule has 7 heteroatoms. The SMILES string of the molecule is COc1cccc(CN2CC(c3nc(-c4cccc(Br)c4)no3)CC2=O)c1. The Balaban J connectivity index is 1.47. The van der Waals surface area contributed by atoms with E-state index >= 15 is 0 Å². The van der Waals surface area contributed by atoms with Gasteiger partial charge in [0.1, 0.15) is 5.75 Å². The minimum Gasteiger partial charge on any atom is -0.497 e. The van der Waals surface area contributed by atoms with Crippen LogP contribution in [0.25, 0.3) is 11.4 Å². The Morgan fingerprint density at radius 2 is 2.11 bits per heavy atom. The normalized spacial score (nSPS) is 16.7. The second kappa shape index (κ2) is 7.52. The lowest BCUT2D eigenvalue weighted by Crippen LogP contribution is -2.24. The third kappa shape index (κ3) is 3.88. The molecule has 1 amide bonds. The van der Waals surface area contributed by atoms with Crippen molar-refractivity contribution in [3.63, 3.8) is 0 Å². The van der Waals surface area contributed by atoms with Gasteiger partial charge in [-0.1, -0.05) is 45.4 Å². The molecule has 0 saturated carbocycles. The van der Waals surface area contributed by atoms with Crippen molar-refractivity contribution in [3.05, 3.63) is 64.5 Å². The smallest absolute Gasteiger partial charge is 0.232 e. The summed E-state index contributed by atoms with van der Waals surface area (Å²) in [6.07, 6.45) is 0.379. The van der Waals surface area contributed by atoms with E-state index in [0.717, 1.165) is 21.3 Å². The van der Waals surface area contributed by atoms with Crippen LogP contribution in [0.2, 0.25) is 0 Å². The Labute approximate surface area is 165 Å². The number of nitrogens with zero attached hydrogens (tertiary/aromatic N) is 3. The summed E-state index contributed by atoms with van der Waals surface area (Å²) in [7, 11) is 1.63. The van der Waals surface area contributed by atoms with E-state index in [9.17, 15) is 4.79 Å². The molecule has 1 aromatic heterocycles. The lowest BCUT2D eigenvalue weighted by molar-refractivity contribution is -0.128. The van der Waals surface area contributed by atoms with E-state index in [4.69, 9.17) is 9.26 Å². The maximum Gasteiger partial charge on any atom is 0.232 e. The van der Waals surface area contributed by atoms with Crippen molar-refractivity contribution < 1.29 is 14.1 Å². The van der Waals surface area contributed by atoms with E-state index in [1.165, 1.54) is 0 Å². The molecule has 0 N–H and O–H groups in total. The van der Waals surface area contributed by atoms with E-state index in [-0.39, 0.29) is 11.8 Å². The maximum atomic E-state index is 12.4. The van der Waals surface area contributed by atoms with Crippen LogP contribution in [-0.4, -0.2) is 34.6 Å². The van der Waals surface area contributed by atoms with Gasteiger partial charge >= 0.3 is 0 Å². The maximum absolute atomic E-state index is 12.4. The van der Waals surface area contributed by atoms with Crippen LogP contribution in [0, 0.1) is 0 Å².